The average molecular weight is 330 g/mol. The molecule has 2 aliphatic heterocycles. The predicted molar refractivity (Wildman–Crippen MR) is 91.7 cm³/mol. The molecule has 2 saturated heterocycles. The van der Waals surface area contributed by atoms with Crippen molar-refractivity contribution >= 4 is 11.8 Å². The summed E-state index contributed by atoms with van der Waals surface area (Å²) in [6, 6.07) is 9.64. The van der Waals surface area contributed by atoms with Crippen LogP contribution < -0.4 is 4.74 Å². The molecule has 5 nitrogen and oxygen atoms in total. The van der Waals surface area contributed by atoms with Crippen LogP contribution in [0.2, 0.25) is 0 Å². The zero-order valence-corrected chi connectivity index (χ0v) is 14.4. The van der Waals surface area contributed by atoms with Gasteiger partial charge in [0.05, 0.1) is 12.0 Å². The number of carbonyl (C=O) groups is 2. The lowest BCUT2D eigenvalue weighted by atomic mass is 9.78. The second-order valence-electron chi connectivity index (χ2n) is 6.94. The molecule has 1 aromatic carbocycles. The molecule has 0 unspecified atom stereocenters. The quantitative estimate of drug-likeness (QED) is 0.779. The van der Waals surface area contributed by atoms with Gasteiger partial charge in [0.25, 0.3) is 0 Å². The van der Waals surface area contributed by atoms with Gasteiger partial charge in [-0.25, -0.2) is 0 Å². The Hall–Kier alpha value is -2.04. The first kappa shape index (κ1) is 16.8. The minimum absolute atomic E-state index is 0.143. The highest BCUT2D eigenvalue weighted by Gasteiger charge is 2.48. The van der Waals surface area contributed by atoms with Crippen molar-refractivity contribution in [3.63, 3.8) is 0 Å². The average Bonchev–Trinajstić information content (AvgIpc) is 3.03. The molecule has 1 spiro atoms. The third-order valence-electron chi connectivity index (χ3n) is 5.20. The lowest BCUT2D eigenvalue weighted by molar-refractivity contribution is -0.144. The van der Waals surface area contributed by atoms with Gasteiger partial charge in [-0.15, -0.1) is 0 Å². The summed E-state index contributed by atoms with van der Waals surface area (Å²) in [6.45, 7) is 2.67. The van der Waals surface area contributed by atoms with Crippen LogP contribution in [0.15, 0.2) is 30.3 Å². The highest BCUT2D eigenvalue weighted by Crippen LogP contribution is 2.39. The summed E-state index contributed by atoms with van der Waals surface area (Å²) < 4.78 is 5.63. The van der Waals surface area contributed by atoms with Gasteiger partial charge in [-0.1, -0.05) is 18.2 Å². The van der Waals surface area contributed by atoms with Crippen molar-refractivity contribution in [2.75, 3.05) is 33.3 Å². The number of hydrogen-bond donors (Lipinski definition) is 0. The van der Waals surface area contributed by atoms with Crippen molar-refractivity contribution < 1.29 is 14.3 Å². The molecular formula is C19H26N2O3. The monoisotopic (exact) mass is 330 g/mol. The molecule has 5 heteroatoms. The summed E-state index contributed by atoms with van der Waals surface area (Å²) in [7, 11) is 1.87. The molecule has 2 fully saturated rings. The zero-order chi connectivity index (χ0) is 17.0. The fourth-order valence-electron chi connectivity index (χ4n) is 3.82. The van der Waals surface area contributed by atoms with Gasteiger partial charge in [0.15, 0.2) is 0 Å². The normalized spacial score (nSPS) is 23.8. The van der Waals surface area contributed by atoms with Gasteiger partial charge in [0.2, 0.25) is 11.8 Å². The Bertz CT molecular complexity index is 590. The number of nitrogens with zero attached hydrogens (tertiary/aromatic N) is 2. The zero-order valence-electron chi connectivity index (χ0n) is 14.4. The highest BCUT2D eigenvalue weighted by atomic mass is 16.5. The van der Waals surface area contributed by atoms with Gasteiger partial charge >= 0.3 is 0 Å². The van der Waals surface area contributed by atoms with Crippen LogP contribution in [0, 0.1) is 5.41 Å². The van der Waals surface area contributed by atoms with Gasteiger partial charge in [-0.3, -0.25) is 9.59 Å². The van der Waals surface area contributed by atoms with Crippen molar-refractivity contribution in [2.24, 2.45) is 5.41 Å². The number of likely N-dealkylation sites (tertiary alicyclic amines) is 2. The van der Waals surface area contributed by atoms with Gasteiger partial charge in [0, 0.05) is 33.1 Å². The third-order valence-corrected chi connectivity index (χ3v) is 5.20. The van der Waals surface area contributed by atoms with E-state index < -0.39 is 0 Å². The summed E-state index contributed by atoms with van der Waals surface area (Å²) in [5, 5.41) is 0. The lowest BCUT2D eigenvalue weighted by Crippen LogP contribution is -2.48. The molecule has 2 heterocycles. The maximum Gasteiger partial charge on any atom is 0.230 e. The fraction of sp³-hybridized carbons (Fsp3) is 0.579. The molecule has 2 aliphatic rings. The summed E-state index contributed by atoms with van der Waals surface area (Å²) in [5.74, 6) is 1.20. The van der Waals surface area contributed by atoms with Crippen LogP contribution in [0.5, 0.6) is 5.75 Å². The van der Waals surface area contributed by atoms with Crippen LogP contribution in [-0.2, 0) is 9.59 Å². The Kier molecular flexibility index (Phi) is 5.07. The van der Waals surface area contributed by atoms with E-state index in [1.165, 1.54) is 0 Å². The summed E-state index contributed by atoms with van der Waals surface area (Å²) in [5.41, 5.74) is -0.316. The number of para-hydroxylation sites is 1. The Morgan fingerprint density at radius 3 is 2.79 bits per heavy atom. The maximum atomic E-state index is 12.5. The molecule has 1 atom stereocenters. The molecule has 0 radical (unpaired) electrons. The van der Waals surface area contributed by atoms with Crippen LogP contribution in [-0.4, -0.2) is 54.9 Å². The predicted octanol–water partition coefficient (Wildman–Crippen LogP) is 2.32. The molecule has 2 amide bonds. The number of rotatable bonds is 5. The van der Waals surface area contributed by atoms with Gasteiger partial charge in [-0.2, -0.15) is 0 Å². The van der Waals surface area contributed by atoms with E-state index in [4.69, 9.17) is 4.74 Å². The van der Waals surface area contributed by atoms with Crippen LogP contribution >= 0.6 is 0 Å². The highest BCUT2D eigenvalue weighted by molar-refractivity contribution is 5.85. The Balaban J connectivity index is 1.44. The van der Waals surface area contributed by atoms with Crippen LogP contribution in [0.4, 0.5) is 0 Å². The number of ether oxygens (including phenoxy) is 1. The van der Waals surface area contributed by atoms with Gasteiger partial charge in [-0.05, 0) is 37.8 Å². The SMILES string of the molecule is CN1CCC[C@]2(CCN(C(=O)CCCOc3ccccc3)C2)C1=O. The molecule has 0 N–H and O–H groups in total. The maximum absolute atomic E-state index is 12.5. The molecule has 24 heavy (non-hydrogen) atoms. The summed E-state index contributed by atoms with van der Waals surface area (Å²) >= 11 is 0. The molecule has 0 saturated carbocycles. The van der Waals surface area contributed by atoms with E-state index >= 15 is 0 Å². The Morgan fingerprint density at radius 1 is 1.21 bits per heavy atom. The first-order valence-corrected chi connectivity index (χ1v) is 8.82. The topological polar surface area (TPSA) is 49.9 Å². The first-order chi connectivity index (χ1) is 11.6. The van der Waals surface area contributed by atoms with Crippen molar-refractivity contribution in [3.05, 3.63) is 30.3 Å². The van der Waals surface area contributed by atoms with Gasteiger partial charge in [0.1, 0.15) is 5.75 Å². The minimum atomic E-state index is -0.316. The Labute approximate surface area is 143 Å². The Morgan fingerprint density at radius 2 is 2.00 bits per heavy atom. The first-order valence-electron chi connectivity index (χ1n) is 8.82. The van der Waals surface area contributed by atoms with Crippen molar-refractivity contribution in [3.8, 4) is 5.75 Å². The van der Waals surface area contributed by atoms with E-state index in [1.54, 1.807) is 0 Å². The molecule has 3 rings (SSSR count). The molecule has 0 aliphatic carbocycles. The molecule has 0 bridgehead atoms. The van der Waals surface area contributed by atoms with Crippen LogP contribution in [0.3, 0.4) is 0 Å². The van der Waals surface area contributed by atoms with E-state index in [9.17, 15) is 9.59 Å². The summed E-state index contributed by atoms with van der Waals surface area (Å²) in [6.07, 6.45) is 3.94. The van der Waals surface area contributed by atoms with Crippen molar-refractivity contribution in [1.29, 1.82) is 0 Å². The molecule has 1 aromatic rings. The van der Waals surface area contributed by atoms with Gasteiger partial charge < -0.3 is 14.5 Å². The molecule has 0 aromatic heterocycles. The van der Waals surface area contributed by atoms with E-state index in [2.05, 4.69) is 0 Å². The van der Waals surface area contributed by atoms with Crippen LogP contribution in [0.1, 0.15) is 32.1 Å². The second kappa shape index (κ2) is 7.24. The fourth-order valence-corrected chi connectivity index (χ4v) is 3.82. The third kappa shape index (κ3) is 3.55. The molecule has 130 valence electrons. The van der Waals surface area contributed by atoms with E-state index in [0.717, 1.165) is 31.6 Å². The van der Waals surface area contributed by atoms with E-state index in [0.29, 0.717) is 32.5 Å². The number of piperidine rings is 1. The molecular weight excluding hydrogens is 304 g/mol. The standard InChI is InChI=1S/C19H26N2O3/c1-20-12-6-10-19(18(20)23)11-13-21(15-19)17(22)9-5-14-24-16-7-3-2-4-8-16/h2-4,7-8H,5-6,9-15H2,1H3/t19-/m1/s1. The largest absolute Gasteiger partial charge is 0.494 e. The second-order valence-corrected chi connectivity index (χ2v) is 6.94. The van der Waals surface area contributed by atoms with Crippen molar-refractivity contribution in [1.82, 2.24) is 9.80 Å². The number of carbonyl (C=O) groups excluding carboxylic acids is 2. The van der Waals surface area contributed by atoms with E-state index in [-0.39, 0.29) is 17.2 Å². The summed E-state index contributed by atoms with van der Waals surface area (Å²) in [4.78, 5) is 28.6. The smallest absolute Gasteiger partial charge is 0.230 e. The number of benzene rings is 1. The number of hydrogen-bond acceptors (Lipinski definition) is 3. The van der Waals surface area contributed by atoms with Crippen molar-refractivity contribution in [2.45, 2.75) is 32.1 Å². The lowest BCUT2D eigenvalue weighted by Gasteiger charge is -2.37. The number of amides is 2. The van der Waals surface area contributed by atoms with E-state index in [1.807, 2.05) is 47.2 Å². The minimum Gasteiger partial charge on any atom is -0.494 e. The van der Waals surface area contributed by atoms with Crippen LogP contribution in [0.25, 0.3) is 0 Å².